The van der Waals surface area contributed by atoms with Crippen LogP contribution >= 0.6 is 0 Å². The topological polar surface area (TPSA) is 104 Å². The number of aromatic nitrogens is 1. The maximum Gasteiger partial charge on any atom is 0.325 e. The fraction of sp³-hybridized carbons (Fsp3) is 0.148. The first-order chi connectivity index (χ1) is 16.9. The summed E-state index contributed by atoms with van der Waals surface area (Å²) >= 11 is 0. The number of nitrogens with zero attached hydrogens (tertiary/aromatic N) is 2. The summed E-state index contributed by atoms with van der Waals surface area (Å²) in [6.07, 6.45) is 0. The van der Waals surface area contributed by atoms with Crippen molar-refractivity contribution in [1.82, 2.24) is 9.88 Å². The smallest absolute Gasteiger partial charge is 0.325 e. The quantitative estimate of drug-likeness (QED) is 0.401. The first-order valence-corrected chi connectivity index (χ1v) is 10.9. The third kappa shape index (κ3) is 4.76. The molecule has 2 N–H and O–H groups in total. The lowest BCUT2D eigenvalue weighted by Gasteiger charge is -2.19. The molecule has 0 saturated heterocycles. The average Bonchev–Trinajstić information content (AvgIpc) is 2.87. The van der Waals surface area contributed by atoms with Crippen LogP contribution in [0.3, 0.4) is 0 Å². The molecule has 3 aromatic carbocycles. The third-order valence-corrected chi connectivity index (χ3v) is 5.76. The molecule has 4 rings (SSSR count). The van der Waals surface area contributed by atoms with Crippen LogP contribution in [-0.2, 0) is 11.3 Å². The summed E-state index contributed by atoms with van der Waals surface area (Å²) in [5, 5.41) is 23.5. The lowest BCUT2D eigenvalue weighted by Crippen LogP contribution is -2.34. The van der Waals surface area contributed by atoms with Gasteiger partial charge in [0, 0.05) is 29.4 Å². The Balaban J connectivity index is 1.81. The van der Waals surface area contributed by atoms with E-state index in [1.165, 1.54) is 29.9 Å². The summed E-state index contributed by atoms with van der Waals surface area (Å²) in [5.74, 6) is -1.05. The Morgan fingerprint density at radius 3 is 2.54 bits per heavy atom. The first kappa shape index (κ1) is 23.7. The van der Waals surface area contributed by atoms with Gasteiger partial charge in [-0.25, -0.2) is 4.39 Å². The van der Waals surface area contributed by atoms with Crippen LogP contribution < -0.4 is 15.6 Å². The van der Waals surface area contributed by atoms with E-state index in [4.69, 9.17) is 4.74 Å². The Morgan fingerprint density at radius 1 is 1.11 bits per heavy atom. The molecule has 0 unspecified atom stereocenters. The third-order valence-electron chi connectivity index (χ3n) is 5.76. The van der Waals surface area contributed by atoms with Crippen molar-refractivity contribution in [2.75, 3.05) is 13.7 Å². The van der Waals surface area contributed by atoms with Crippen molar-refractivity contribution in [1.29, 1.82) is 5.26 Å². The second-order valence-corrected chi connectivity index (χ2v) is 7.85. The number of ether oxygens (including phenoxy) is 1. The van der Waals surface area contributed by atoms with Gasteiger partial charge < -0.3 is 9.84 Å². The van der Waals surface area contributed by atoms with E-state index in [0.29, 0.717) is 33.2 Å². The molecule has 0 aliphatic carbocycles. The minimum Gasteiger partial charge on any atom is -0.497 e. The van der Waals surface area contributed by atoms with Crippen LogP contribution in [0.1, 0.15) is 17.3 Å². The molecule has 4 aromatic rings. The van der Waals surface area contributed by atoms with Crippen LogP contribution in [0, 0.1) is 17.1 Å². The Morgan fingerprint density at radius 2 is 1.89 bits per heavy atom. The van der Waals surface area contributed by atoms with Crippen LogP contribution in [0.5, 0.6) is 5.75 Å². The summed E-state index contributed by atoms with van der Waals surface area (Å²) in [6, 6.07) is 20.5. The molecular formula is C27H22FN3O4. The van der Waals surface area contributed by atoms with Crippen LogP contribution in [0.25, 0.3) is 21.9 Å². The van der Waals surface area contributed by atoms with Gasteiger partial charge in [0.25, 0.3) is 5.56 Å². The van der Waals surface area contributed by atoms with E-state index in [9.17, 15) is 24.3 Å². The summed E-state index contributed by atoms with van der Waals surface area (Å²) in [6.45, 7) is 0.132. The Kier molecular flexibility index (Phi) is 6.90. The highest BCUT2D eigenvalue weighted by Gasteiger charge is 2.21. The number of hydrogen-bond acceptors (Lipinski definition) is 5. The van der Waals surface area contributed by atoms with Crippen LogP contribution in [0.15, 0.2) is 77.6 Å². The van der Waals surface area contributed by atoms with E-state index in [1.54, 1.807) is 54.6 Å². The van der Waals surface area contributed by atoms with Gasteiger partial charge in [0.05, 0.1) is 7.11 Å². The standard InChI is InChI=1S/C27H22FN3O4/c1-35-20-10-11-21-22(15-20)24(18-8-5-9-19(28)14-18)23(16-29)31(26(21)32)13-12-30-25(27(33)34)17-6-3-2-4-7-17/h2-11,14-15,25,30H,12-13H2,1H3,(H,33,34)/t25-/m1/s1. The van der Waals surface area contributed by atoms with E-state index in [0.717, 1.165) is 0 Å². The average molecular weight is 471 g/mol. The molecule has 1 heterocycles. The van der Waals surface area contributed by atoms with E-state index < -0.39 is 23.4 Å². The fourth-order valence-corrected chi connectivity index (χ4v) is 4.13. The number of benzene rings is 3. The zero-order valence-electron chi connectivity index (χ0n) is 18.9. The van der Waals surface area contributed by atoms with Crippen LogP contribution in [-0.4, -0.2) is 29.3 Å². The molecule has 176 valence electrons. The van der Waals surface area contributed by atoms with Crippen molar-refractivity contribution >= 4 is 16.7 Å². The number of methoxy groups -OCH3 is 1. The van der Waals surface area contributed by atoms with Crippen molar-refractivity contribution in [2.45, 2.75) is 12.6 Å². The molecule has 1 aromatic heterocycles. The minimum absolute atomic E-state index is 0.0304. The molecule has 7 nitrogen and oxygen atoms in total. The molecule has 0 radical (unpaired) electrons. The van der Waals surface area contributed by atoms with Crippen molar-refractivity contribution in [2.24, 2.45) is 0 Å². The maximum absolute atomic E-state index is 14.1. The lowest BCUT2D eigenvalue weighted by atomic mass is 9.96. The number of aliphatic carboxylic acids is 1. The summed E-state index contributed by atoms with van der Waals surface area (Å²) in [4.78, 5) is 25.2. The number of rotatable bonds is 8. The molecule has 0 bridgehead atoms. The van der Waals surface area contributed by atoms with E-state index in [2.05, 4.69) is 11.4 Å². The number of nitrogens with one attached hydrogen (secondary N) is 1. The highest BCUT2D eigenvalue weighted by atomic mass is 19.1. The molecule has 0 amide bonds. The summed E-state index contributed by atoms with van der Waals surface area (Å²) in [5.41, 5.74) is 1.05. The highest BCUT2D eigenvalue weighted by Crippen LogP contribution is 2.33. The Bertz CT molecular complexity index is 1490. The normalized spacial score (nSPS) is 11.7. The van der Waals surface area contributed by atoms with Crippen molar-refractivity contribution in [3.05, 3.63) is 100 Å². The van der Waals surface area contributed by atoms with Gasteiger partial charge in [-0.15, -0.1) is 0 Å². The molecule has 0 aliphatic rings. The van der Waals surface area contributed by atoms with Gasteiger partial charge in [0.2, 0.25) is 0 Å². The monoisotopic (exact) mass is 471 g/mol. The maximum atomic E-state index is 14.1. The van der Waals surface area contributed by atoms with Gasteiger partial charge in [-0.1, -0.05) is 42.5 Å². The summed E-state index contributed by atoms with van der Waals surface area (Å²) in [7, 11) is 1.49. The number of pyridine rings is 1. The van der Waals surface area contributed by atoms with Crippen LogP contribution in [0.2, 0.25) is 0 Å². The van der Waals surface area contributed by atoms with Crippen LogP contribution in [0.4, 0.5) is 4.39 Å². The highest BCUT2D eigenvalue weighted by molar-refractivity contribution is 5.99. The molecule has 0 fully saturated rings. The van der Waals surface area contributed by atoms with Crippen molar-refractivity contribution in [3.8, 4) is 22.9 Å². The van der Waals surface area contributed by atoms with E-state index >= 15 is 0 Å². The molecule has 0 aliphatic heterocycles. The van der Waals surface area contributed by atoms with Gasteiger partial charge in [-0.05, 0) is 41.5 Å². The van der Waals surface area contributed by atoms with Gasteiger partial charge in [0.1, 0.15) is 29.4 Å². The van der Waals surface area contributed by atoms with E-state index in [1.807, 2.05) is 0 Å². The second kappa shape index (κ2) is 10.2. The predicted octanol–water partition coefficient (Wildman–Crippen LogP) is 4.10. The number of carboxylic acid groups (broad SMARTS) is 1. The first-order valence-electron chi connectivity index (χ1n) is 10.9. The minimum atomic E-state index is -1.06. The SMILES string of the molecule is COc1ccc2c(=O)n(CCN[C@@H](C(=O)O)c3ccccc3)c(C#N)c(-c3cccc(F)c3)c2c1. The number of carboxylic acids is 1. The number of halogens is 1. The van der Waals surface area contributed by atoms with Gasteiger partial charge in [0.15, 0.2) is 0 Å². The largest absolute Gasteiger partial charge is 0.497 e. The Labute approximate surface area is 200 Å². The second-order valence-electron chi connectivity index (χ2n) is 7.85. The number of fused-ring (bicyclic) bond motifs is 1. The molecule has 1 atom stereocenters. The number of nitriles is 1. The zero-order valence-corrected chi connectivity index (χ0v) is 18.9. The molecule has 8 heteroatoms. The molecule has 35 heavy (non-hydrogen) atoms. The van der Waals surface area contributed by atoms with Gasteiger partial charge in [-0.2, -0.15) is 5.26 Å². The number of carbonyl (C=O) groups is 1. The Hall–Kier alpha value is -4.48. The predicted molar refractivity (Wildman–Crippen MR) is 130 cm³/mol. The summed E-state index contributed by atoms with van der Waals surface area (Å²) < 4.78 is 20.7. The van der Waals surface area contributed by atoms with Gasteiger partial charge in [-0.3, -0.25) is 19.5 Å². The fourth-order valence-electron chi connectivity index (χ4n) is 4.13. The van der Waals surface area contributed by atoms with Crippen molar-refractivity contribution < 1.29 is 19.0 Å². The zero-order chi connectivity index (χ0) is 24.9. The van der Waals surface area contributed by atoms with Gasteiger partial charge >= 0.3 is 5.97 Å². The van der Waals surface area contributed by atoms with Crippen molar-refractivity contribution in [3.63, 3.8) is 0 Å². The molecule has 0 saturated carbocycles. The molecular weight excluding hydrogens is 449 g/mol. The number of hydrogen-bond donors (Lipinski definition) is 2. The lowest BCUT2D eigenvalue weighted by molar-refractivity contribution is -0.139. The molecule has 0 spiro atoms. The van der Waals surface area contributed by atoms with E-state index in [-0.39, 0.29) is 18.8 Å².